The van der Waals surface area contributed by atoms with Gasteiger partial charge in [-0.05, 0) is 38.8 Å². The van der Waals surface area contributed by atoms with E-state index in [9.17, 15) is 0 Å². The molecule has 102 valence electrons. The van der Waals surface area contributed by atoms with Crippen LogP contribution in [0.1, 0.15) is 11.6 Å². The highest BCUT2D eigenvalue weighted by molar-refractivity contribution is 5.30. The average molecular weight is 251 g/mol. The molecule has 1 atom stereocenters. The molecule has 0 heterocycles. The molecule has 2 N–H and O–H groups in total. The summed E-state index contributed by atoms with van der Waals surface area (Å²) >= 11 is 0. The summed E-state index contributed by atoms with van der Waals surface area (Å²) in [5.41, 5.74) is 7.11. The molecule has 0 aromatic heterocycles. The fourth-order valence-electron chi connectivity index (χ4n) is 1.93. The minimum Gasteiger partial charge on any atom is -0.497 e. The zero-order valence-corrected chi connectivity index (χ0v) is 11.9. The van der Waals surface area contributed by atoms with Gasteiger partial charge < -0.3 is 15.4 Å². The molecule has 18 heavy (non-hydrogen) atoms. The molecule has 0 aliphatic heterocycles. The number of likely N-dealkylation sites (N-methyl/N-ethyl adjacent to an activating group) is 2. The van der Waals surface area contributed by atoms with Crippen molar-refractivity contribution in [3.8, 4) is 5.75 Å². The van der Waals surface area contributed by atoms with Gasteiger partial charge in [-0.2, -0.15) is 0 Å². The molecular weight excluding hydrogens is 226 g/mol. The lowest BCUT2D eigenvalue weighted by Crippen LogP contribution is -2.35. The van der Waals surface area contributed by atoms with Gasteiger partial charge in [0.15, 0.2) is 0 Å². The largest absolute Gasteiger partial charge is 0.497 e. The van der Waals surface area contributed by atoms with Gasteiger partial charge in [-0.1, -0.05) is 12.1 Å². The van der Waals surface area contributed by atoms with Gasteiger partial charge in [0.2, 0.25) is 0 Å². The number of nitrogens with zero attached hydrogens (tertiary/aromatic N) is 2. The van der Waals surface area contributed by atoms with Crippen LogP contribution in [0.5, 0.6) is 5.75 Å². The van der Waals surface area contributed by atoms with Gasteiger partial charge in [0.05, 0.1) is 7.11 Å². The normalized spacial score (nSPS) is 13.1. The zero-order chi connectivity index (χ0) is 13.5. The van der Waals surface area contributed by atoms with E-state index in [4.69, 9.17) is 10.5 Å². The van der Waals surface area contributed by atoms with Crippen LogP contribution >= 0.6 is 0 Å². The Morgan fingerprint density at radius 2 is 1.94 bits per heavy atom. The number of benzene rings is 1. The molecule has 0 saturated heterocycles. The van der Waals surface area contributed by atoms with Gasteiger partial charge in [-0.25, -0.2) is 0 Å². The van der Waals surface area contributed by atoms with Gasteiger partial charge in [-0.3, -0.25) is 4.90 Å². The molecule has 1 unspecified atom stereocenters. The molecular formula is C14H25N3O. The number of ether oxygens (including phenoxy) is 1. The number of hydrogen-bond acceptors (Lipinski definition) is 4. The van der Waals surface area contributed by atoms with Crippen LogP contribution in [0.2, 0.25) is 0 Å². The summed E-state index contributed by atoms with van der Waals surface area (Å²) < 4.78 is 5.26. The fraction of sp³-hybridized carbons (Fsp3) is 0.571. The van der Waals surface area contributed by atoms with E-state index in [2.05, 4.69) is 43.1 Å². The number of methoxy groups -OCH3 is 1. The van der Waals surface area contributed by atoms with E-state index in [0.29, 0.717) is 6.54 Å². The van der Waals surface area contributed by atoms with Crippen molar-refractivity contribution in [1.82, 2.24) is 9.80 Å². The van der Waals surface area contributed by atoms with Crippen LogP contribution in [-0.2, 0) is 0 Å². The highest BCUT2D eigenvalue weighted by Crippen LogP contribution is 2.22. The SMILES string of the molecule is COc1cccc(C(CN)N(C)CCN(C)C)c1. The van der Waals surface area contributed by atoms with Crippen LogP contribution in [0.25, 0.3) is 0 Å². The molecule has 0 fully saturated rings. The van der Waals surface area contributed by atoms with Gasteiger partial charge in [0, 0.05) is 25.7 Å². The van der Waals surface area contributed by atoms with Crippen molar-refractivity contribution < 1.29 is 4.74 Å². The Hall–Kier alpha value is -1.10. The fourth-order valence-corrected chi connectivity index (χ4v) is 1.93. The molecule has 0 radical (unpaired) electrons. The predicted molar refractivity (Wildman–Crippen MR) is 76.0 cm³/mol. The Labute approximate surface area is 110 Å². The monoisotopic (exact) mass is 251 g/mol. The summed E-state index contributed by atoms with van der Waals surface area (Å²) in [4.78, 5) is 4.46. The van der Waals surface area contributed by atoms with E-state index in [1.54, 1.807) is 7.11 Å². The lowest BCUT2D eigenvalue weighted by Gasteiger charge is -2.28. The van der Waals surface area contributed by atoms with Crippen molar-refractivity contribution >= 4 is 0 Å². The van der Waals surface area contributed by atoms with Crippen molar-refractivity contribution in [2.75, 3.05) is 47.9 Å². The Bertz CT molecular complexity index is 355. The van der Waals surface area contributed by atoms with E-state index < -0.39 is 0 Å². The maximum atomic E-state index is 5.91. The average Bonchev–Trinajstić information content (AvgIpc) is 2.37. The summed E-state index contributed by atoms with van der Waals surface area (Å²) in [5.74, 6) is 0.881. The van der Waals surface area contributed by atoms with Gasteiger partial charge in [-0.15, -0.1) is 0 Å². The molecule has 0 saturated carbocycles. The summed E-state index contributed by atoms with van der Waals surface area (Å²) in [6.45, 7) is 2.63. The van der Waals surface area contributed by atoms with E-state index in [1.807, 2.05) is 12.1 Å². The first-order chi connectivity index (χ1) is 8.58. The molecule has 0 amide bonds. The molecule has 1 aromatic carbocycles. The maximum Gasteiger partial charge on any atom is 0.119 e. The second-order valence-electron chi connectivity index (χ2n) is 4.81. The zero-order valence-electron chi connectivity index (χ0n) is 11.9. The quantitative estimate of drug-likeness (QED) is 0.790. The van der Waals surface area contributed by atoms with E-state index in [1.165, 1.54) is 5.56 Å². The van der Waals surface area contributed by atoms with Gasteiger partial charge in [0.1, 0.15) is 5.75 Å². The third kappa shape index (κ3) is 4.29. The maximum absolute atomic E-state index is 5.91. The van der Waals surface area contributed by atoms with Crippen molar-refractivity contribution in [2.24, 2.45) is 5.73 Å². The smallest absolute Gasteiger partial charge is 0.119 e. The molecule has 1 aromatic rings. The third-order valence-corrected chi connectivity index (χ3v) is 3.13. The first kappa shape index (κ1) is 15.0. The number of nitrogens with two attached hydrogens (primary N) is 1. The van der Waals surface area contributed by atoms with E-state index >= 15 is 0 Å². The van der Waals surface area contributed by atoms with Crippen molar-refractivity contribution in [1.29, 1.82) is 0 Å². The summed E-state index contributed by atoms with van der Waals surface area (Å²) in [7, 11) is 7.96. The molecule has 0 spiro atoms. The second kappa shape index (κ2) is 7.36. The van der Waals surface area contributed by atoms with E-state index in [0.717, 1.165) is 18.8 Å². The molecule has 0 aliphatic rings. The van der Waals surface area contributed by atoms with Crippen molar-refractivity contribution in [2.45, 2.75) is 6.04 Å². The number of hydrogen-bond donors (Lipinski definition) is 1. The highest BCUT2D eigenvalue weighted by Gasteiger charge is 2.15. The van der Waals surface area contributed by atoms with Crippen LogP contribution in [0, 0.1) is 0 Å². The minimum absolute atomic E-state index is 0.236. The van der Waals surface area contributed by atoms with Crippen LogP contribution in [0.4, 0.5) is 0 Å². The molecule has 4 nitrogen and oxygen atoms in total. The van der Waals surface area contributed by atoms with E-state index in [-0.39, 0.29) is 6.04 Å². The molecule has 4 heteroatoms. The third-order valence-electron chi connectivity index (χ3n) is 3.13. The lowest BCUT2D eigenvalue weighted by molar-refractivity contribution is 0.222. The van der Waals surface area contributed by atoms with Crippen LogP contribution in [-0.4, -0.2) is 57.7 Å². The first-order valence-corrected chi connectivity index (χ1v) is 6.27. The second-order valence-corrected chi connectivity index (χ2v) is 4.81. The van der Waals surface area contributed by atoms with Gasteiger partial charge >= 0.3 is 0 Å². The van der Waals surface area contributed by atoms with Crippen molar-refractivity contribution in [3.63, 3.8) is 0 Å². The summed E-state index contributed by atoms with van der Waals surface area (Å²) in [6.07, 6.45) is 0. The van der Waals surface area contributed by atoms with Crippen LogP contribution in [0.15, 0.2) is 24.3 Å². The highest BCUT2D eigenvalue weighted by atomic mass is 16.5. The Kier molecular flexibility index (Phi) is 6.12. The minimum atomic E-state index is 0.236. The topological polar surface area (TPSA) is 41.7 Å². The summed E-state index contributed by atoms with van der Waals surface area (Å²) in [6, 6.07) is 8.36. The Morgan fingerprint density at radius 1 is 1.22 bits per heavy atom. The molecule has 0 bridgehead atoms. The van der Waals surface area contributed by atoms with Gasteiger partial charge in [0.25, 0.3) is 0 Å². The number of rotatable bonds is 7. The standard InChI is InChI=1S/C14H25N3O/c1-16(2)8-9-17(3)14(11-15)12-6-5-7-13(10-12)18-4/h5-7,10,14H,8-9,11,15H2,1-4H3. The first-order valence-electron chi connectivity index (χ1n) is 6.27. The van der Waals surface area contributed by atoms with Crippen molar-refractivity contribution in [3.05, 3.63) is 29.8 Å². The lowest BCUT2D eigenvalue weighted by atomic mass is 10.1. The summed E-state index contributed by atoms with van der Waals surface area (Å²) in [5, 5.41) is 0. The Balaban J connectivity index is 2.74. The van der Waals surface area contributed by atoms with Crippen LogP contribution in [0.3, 0.4) is 0 Å². The van der Waals surface area contributed by atoms with Crippen LogP contribution < -0.4 is 10.5 Å². The predicted octanol–water partition coefficient (Wildman–Crippen LogP) is 1.19. The Morgan fingerprint density at radius 3 is 2.50 bits per heavy atom. The molecule has 0 aliphatic carbocycles. The molecule has 1 rings (SSSR count).